The van der Waals surface area contributed by atoms with Gasteiger partial charge in [0.2, 0.25) is 0 Å². The number of rotatable bonds is 8. The predicted molar refractivity (Wildman–Crippen MR) is 140 cm³/mol. The molecule has 0 radical (unpaired) electrons. The maximum absolute atomic E-state index is 11.1. The number of carbonyl (C=O) groups excluding carboxylic acids is 1. The summed E-state index contributed by atoms with van der Waals surface area (Å²) in [4.78, 5) is 15.9. The van der Waals surface area contributed by atoms with E-state index in [1.165, 1.54) is 7.11 Å². The number of methoxy groups -OCH3 is 2. The van der Waals surface area contributed by atoms with Gasteiger partial charge in [-0.1, -0.05) is 0 Å². The van der Waals surface area contributed by atoms with Crippen LogP contribution in [0.1, 0.15) is 81.1 Å². The summed E-state index contributed by atoms with van der Waals surface area (Å²) in [6, 6.07) is 0. The van der Waals surface area contributed by atoms with E-state index in [1.54, 1.807) is 7.11 Å². The summed E-state index contributed by atoms with van der Waals surface area (Å²) in [6.45, 7) is 18.6. The molecule has 1 N–H and O–H groups in total. The van der Waals surface area contributed by atoms with Gasteiger partial charge in [0, 0.05) is 29.3 Å². The zero-order valence-electron chi connectivity index (χ0n) is 24.6. The Morgan fingerprint density at radius 3 is 1.49 bits per heavy atom. The topological polar surface area (TPSA) is 80.7 Å². The van der Waals surface area contributed by atoms with Gasteiger partial charge in [-0.25, -0.2) is 4.79 Å². The third-order valence-corrected chi connectivity index (χ3v) is 8.09. The van der Waals surface area contributed by atoms with Gasteiger partial charge in [-0.2, -0.15) is 0 Å². The van der Waals surface area contributed by atoms with Crippen molar-refractivity contribution in [2.75, 3.05) is 48.1 Å². The second-order valence-corrected chi connectivity index (χ2v) is 12.8. The van der Waals surface area contributed by atoms with E-state index in [0.29, 0.717) is 13.2 Å². The highest BCUT2D eigenvalue weighted by Crippen LogP contribution is 2.39. The van der Waals surface area contributed by atoms with Crippen LogP contribution in [0.5, 0.6) is 0 Å². The maximum atomic E-state index is 11.1. The van der Waals surface area contributed by atoms with Crippen LogP contribution in [0.3, 0.4) is 0 Å². The molecule has 2 aliphatic rings. The number of carbonyl (C=O) groups is 1. The molecule has 2 fully saturated rings. The molecule has 2 heterocycles. The van der Waals surface area contributed by atoms with E-state index in [2.05, 4.69) is 84.0 Å². The fourth-order valence-electron chi connectivity index (χ4n) is 5.53. The van der Waals surface area contributed by atoms with Crippen LogP contribution in [0.15, 0.2) is 0 Å². The van der Waals surface area contributed by atoms with Gasteiger partial charge >= 0.3 is 5.97 Å². The number of likely N-dealkylation sites (tertiary alicyclic amines) is 2. The van der Waals surface area contributed by atoms with Crippen LogP contribution in [0.25, 0.3) is 0 Å². The van der Waals surface area contributed by atoms with Crippen molar-refractivity contribution < 1.29 is 28.8 Å². The molecule has 0 aromatic rings. The summed E-state index contributed by atoms with van der Waals surface area (Å²) in [5.41, 5.74) is 0.419. The molecule has 0 aliphatic carbocycles. The van der Waals surface area contributed by atoms with Gasteiger partial charge in [0.25, 0.3) is 0 Å². The van der Waals surface area contributed by atoms with Gasteiger partial charge in [-0.05, 0) is 95.2 Å². The largest absolute Gasteiger partial charge is 0.467 e. The Kier molecular flexibility index (Phi) is 11.7. The molecular formula is C27H54N2O6. The fourth-order valence-corrected chi connectivity index (χ4v) is 5.53. The molecule has 0 aromatic carbocycles. The van der Waals surface area contributed by atoms with Crippen molar-refractivity contribution in [3.8, 4) is 0 Å². The van der Waals surface area contributed by atoms with Crippen LogP contribution in [0.2, 0.25) is 0 Å². The van der Waals surface area contributed by atoms with Crippen LogP contribution in [-0.4, -0.2) is 109 Å². The van der Waals surface area contributed by atoms with E-state index in [1.807, 2.05) is 0 Å². The van der Waals surface area contributed by atoms with E-state index < -0.39 is 6.10 Å². The van der Waals surface area contributed by atoms with Crippen LogP contribution in [-0.2, 0) is 23.7 Å². The monoisotopic (exact) mass is 502 g/mol. The van der Waals surface area contributed by atoms with Crippen LogP contribution < -0.4 is 0 Å². The maximum Gasteiger partial charge on any atom is 0.331 e. The van der Waals surface area contributed by atoms with Crippen molar-refractivity contribution in [1.82, 2.24) is 9.80 Å². The quantitative estimate of drug-likeness (QED) is 0.505. The Balaban J connectivity index is 0.000000351. The molecule has 1 atom stereocenters. The minimum atomic E-state index is -0.527. The molecule has 0 amide bonds. The molecule has 0 spiro atoms. The fraction of sp³-hybridized carbons (Fsp3) is 0.963. The van der Waals surface area contributed by atoms with Crippen molar-refractivity contribution in [3.05, 3.63) is 0 Å². The summed E-state index contributed by atoms with van der Waals surface area (Å²) >= 11 is 0. The van der Waals surface area contributed by atoms with Crippen molar-refractivity contribution in [3.63, 3.8) is 0 Å². The van der Waals surface area contributed by atoms with Crippen molar-refractivity contribution in [2.24, 2.45) is 0 Å². The zero-order chi connectivity index (χ0) is 27.2. The Bertz CT molecular complexity index is 628. The van der Waals surface area contributed by atoms with Gasteiger partial charge in [-0.3, -0.25) is 9.80 Å². The Labute approximate surface area is 214 Å². The summed E-state index contributed by atoms with van der Waals surface area (Å²) in [5.74, 6) is -0.306. The van der Waals surface area contributed by atoms with Crippen molar-refractivity contribution >= 4 is 5.97 Å². The molecule has 2 rings (SSSR count). The standard InChI is InChI=1S/C14H29NO3.C13H25NO3/c1-13(2)7-12(8-14(3,4)15(13)5)18-10-11(16)9-17-6;1-12(2)7-10(17-9-11(15)16-6)8-13(3,4)14(12)5/h11-12,16H,7-10H2,1-6H3;10H,7-9H2,1-6H3. The van der Waals surface area contributed by atoms with E-state index in [4.69, 9.17) is 14.2 Å². The molecule has 208 valence electrons. The lowest BCUT2D eigenvalue weighted by atomic mass is 9.79. The third kappa shape index (κ3) is 9.56. The normalized spacial score (nSPS) is 25.4. The molecule has 0 aromatic heterocycles. The second-order valence-electron chi connectivity index (χ2n) is 12.8. The van der Waals surface area contributed by atoms with Gasteiger partial charge in [0.1, 0.15) is 12.7 Å². The van der Waals surface area contributed by atoms with Crippen molar-refractivity contribution in [1.29, 1.82) is 0 Å². The molecule has 1 unspecified atom stereocenters. The highest BCUT2D eigenvalue weighted by molar-refractivity contribution is 5.70. The molecule has 35 heavy (non-hydrogen) atoms. The first kappa shape index (κ1) is 32.3. The minimum absolute atomic E-state index is 0.0526. The van der Waals surface area contributed by atoms with Gasteiger partial charge in [0.05, 0.1) is 32.5 Å². The van der Waals surface area contributed by atoms with E-state index in [-0.39, 0.29) is 46.9 Å². The van der Waals surface area contributed by atoms with E-state index >= 15 is 0 Å². The predicted octanol–water partition coefficient (Wildman–Crippen LogP) is 3.49. The van der Waals surface area contributed by atoms with Crippen LogP contribution in [0.4, 0.5) is 0 Å². The first-order valence-electron chi connectivity index (χ1n) is 12.8. The average molecular weight is 503 g/mol. The lowest BCUT2D eigenvalue weighted by molar-refractivity contribution is -0.153. The second kappa shape index (κ2) is 12.7. The third-order valence-electron chi connectivity index (χ3n) is 8.09. The molecule has 0 bridgehead atoms. The Hall–Kier alpha value is -0.770. The molecule has 8 nitrogen and oxygen atoms in total. The lowest BCUT2D eigenvalue weighted by Crippen LogP contribution is -2.60. The number of nitrogens with zero attached hydrogens (tertiary/aromatic N) is 2. The van der Waals surface area contributed by atoms with Gasteiger partial charge < -0.3 is 24.1 Å². The van der Waals surface area contributed by atoms with Crippen LogP contribution >= 0.6 is 0 Å². The number of piperidine rings is 2. The summed E-state index contributed by atoms with van der Waals surface area (Å²) in [6.07, 6.45) is 3.65. The summed E-state index contributed by atoms with van der Waals surface area (Å²) in [5, 5.41) is 9.63. The Morgan fingerprint density at radius 2 is 1.14 bits per heavy atom. The number of ether oxygens (including phenoxy) is 4. The van der Waals surface area contributed by atoms with Crippen molar-refractivity contribution in [2.45, 2.75) is 122 Å². The molecule has 0 saturated carbocycles. The number of aliphatic hydroxyl groups is 1. The van der Waals surface area contributed by atoms with E-state index in [0.717, 1.165) is 25.7 Å². The average Bonchev–Trinajstić information content (AvgIpc) is 2.72. The lowest BCUT2D eigenvalue weighted by Gasteiger charge is -2.53. The highest BCUT2D eigenvalue weighted by atomic mass is 16.6. The van der Waals surface area contributed by atoms with Gasteiger partial charge in [-0.15, -0.1) is 0 Å². The molecular weight excluding hydrogens is 448 g/mol. The summed E-state index contributed by atoms with van der Waals surface area (Å²) in [7, 11) is 7.30. The van der Waals surface area contributed by atoms with E-state index in [9.17, 15) is 9.90 Å². The molecule has 8 heteroatoms. The number of hydrogen-bond donors (Lipinski definition) is 1. The minimum Gasteiger partial charge on any atom is -0.467 e. The first-order chi connectivity index (χ1) is 15.9. The number of hydrogen-bond acceptors (Lipinski definition) is 8. The highest BCUT2D eigenvalue weighted by Gasteiger charge is 2.44. The van der Waals surface area contributed by atoms with Gasteiger partial charge in [0.15, 0.2) is 0 Å². The number of aliphatic hydroxyl groups excluding tert-OH is 1. The summed E-state index contributed by atoms with van der Waals surface area (Å²) < 4.78 is 21.0. The molecule has 2 aliphatic heterocycles. The zero-order valence-corrected chi connectivity index (χ0v) is 24.6. The number of esters is 1. The SMILES string of the molecule is COC(=O)COC1CC(C)(C)N(C)C(C)(C)C1.COCC(O)COC1CC(C)(C)N(C)C(C)(C)C1. The Morgan fingerprint density at radius 1 is 0.771 bits per heavy atom. The van der Waals surface area contributed by atoms with Crippen LogP contribution in [0, 0.1) is 0 Å². The molecule has 2 saturated heterocycles. The smallest absolute Gasteiger partial charge is 0.331 e. The first-order valence-corrected chi connectivity index (χ1v) is 12.8.